The zero-order valence-electron chi connectivity index (χ0n) is 13.0. The summed E-state index contributed by atoms with van der Waals surface area (Å²) in [5.41, 5.74) is 0. The van der Waals surface area contributed by atoms with Crippen LogP contribution in [0.15, 0.2) is 91.0 Å². The van der Waals surface area contributed by atoms with Gasteiger partial charge in [0.15, 0.2) is 0 Å². The van der Waals surface area contributed by atoms with E-state index in [-0.39, 0.29) is 0 Å². The summed E-state index contributed by atoms with van der Waals surface area (Å²) in [7, 11) is -2.17. The van der Waals surface area contributed by atoms with Gasteiger partial charge in [0.05, 0.1) is 0 Å². The Bertz CT molecular complexity index is 680. The first kappa shape index (κ1) is 15.5. The van der Waals surface area contributed by atoms with Crippen LogP contribution in [0.4, 0.5) is 0 Å². The van der Waals surface area contributed by atoms with Gasteiger partial charge < -0.3 is 0 Å². The minimum atomic E-state index is -2.17. The third kappa shape index (κ3) is 3.04. The van der Waals surface area contributed by atoms with Gasteiger partial charge in [-0.05, 0) is 0 Å². The number of benzene rings is 3. The molecule has 2 heteroatoms. The third-order valence-corrected chi connectivity index (χ3v) is 9.37. The molecule has 3 aromatic rings. The van der Waals surface area contributed by atoms with Gasteiger partial charge in [-0.2, -0.15) is 0 Å². The molecule has 0 amide bonds. The summed E-state index contributed by atoms with van der Waals surface area (Å²) in [6.45, 7) is 0. The van der Waals surface area contributed by atoms with Crippen LogP contribution in [0.5, 0.6) is 0 Å². The maximum atomic E-state index is 9.24. The zero-order chi connectivity index (χ0) is 16.0. The van der Waals surface area contributed by atoms with Gasteiger partial charge in [-0.25, -0.2) is 0 Å². The van der Waals surface area contributed by atoms with E-state index in [0.29, 0.717) is 6.42 Å². The van der Waals surface area contributed by atoms with Gasteiger partial charge in [0.1, 0.15) is 0 Å². The number of hydrogen-bond acceptors (Lipinski definition) is 1. The second kappa shape index (κ2) is 7.23. The third-order valence-electron chi connectivity index (χ3n) is 4.41. The fourth-order valence-corrected chi connectivity index (χ4v) is 7.98. The van der Waals surface area contributed by atoms with Crippen LogP contribution in [-0.4, -0.2) is 6.16 Å². The molecule has 1 nitrogen and oxygen atoms in total. The van der Waals surface area contributed by atoms with Crippen LogP contribution in [0.2, 0.25) is 0 Å². The van der Waals surface area contributed by atoms with Crippen molar-refractivity contribution in [1.29, 1.82) is 5.26 Å². The Morgan fingerprint density at radius 2 is 0.957 bits per heavy atom. The van der Waals surface area contributed by atoms with Crippen LogP contribution < -0.4 is 15.9 Å². The van der Waals surface area contributed by atoms with E-state index in [1.165, 1.54) is 15.9 Å². The predicted octanol–water partition coefficient (Wildman–Crippen LogP) is 3.63. The van der Waals surface area contributed by atoms with E-state index in [1.54, 1.807) is 0 Å². The van der Waals surface area contributed by atoms with Crippen LogP contribution in [0.1, 0.15) is 6.42 Å². The van der Waals surface area contributed by atoms with Gasteiger partial charge in [-0.15, -0.1) is 0 Å². The summed E-state index contributed by atoms with van der Waals surface area (Å²) < 4.78 is 0. The summed E-state index contributed by atoms with van der Waals surface area (Å²) in [6.07, 6.45) is 1.48. The molecule has 0 aromatic heterocycles. The van der Waals surface area contributed by atoms with Crippen molar-refractivity contribution in [2.45, 2.75) is 6.42 Å². The average molecular weight is 317 g/mol. The van der Waals surface area contributed by atoms with Crippen molar-refractivity contribution in [2.24, 2.45) is 0 Å². The standard InChI is InChI=1S/C21H20NP/c22-17-10-18-23(19-11-4-1-5-12-19,20-13-6-2-7-14-20)21-15-8-3-9-16-21/h1-9,11-16,23H,10,18H2. The molecule has 0 aliphatic rings. The number of nitrogens with zero attached hydrogens (tertiary/aromatic N) is 1. The molecule has 0 aliphatic carbocycles. The van der Waals surface area contributed by atoms with E-state index >= 15 is 0 Å². The number of hydrogen-bond donors (Lipinski definition) is 0. The summed E-state index contributed by atoms with van der Waals surface area (Å²) in [5.74, 6) is 0. The molecule has 0 saturated heterocycles. The normalized spacial score (nSPS) is 11.6. The Balaban J connectivity index is 2.28. The quantitative estimate of drug-likeness (QED) is 0.659. The molecule has 0 unspecified atom stereocenters. The Labute approximate surface area is 138 Å². The summed E-state index contributed by atoms with van der Waals surface area (Å²) in [6, 6.07) is 34.5. The Morgan fingerprint density at radius 3 is 1.26 bits per heavy atom. The number of nitriles is 1. The first-order chi connectivity index (χ1) is 11.4. The van der Waals surface area contributed by atoms with Crippen molar-refractivity contribution in [3.8, 4) is 6.07 Å². The Kier molecular flexibility index (Phi) is 4.86. The molecule has 0 radical (unpaired) electrons. The van der Waals surface area contributed by atoms with E-state index in [0.717, 1.165) is 6.16 Å². The van der Waals surface area contributed by atoms with Gasteiger partial charge in [-0.3, -0.25) is 0 Å². The Hall–Kier alpha value is -2.42. The second-order valence-electron chi connectivity index (χ2n) is 5.66. The molecule has 0 heterocycles. The molecule has 0 atom stereocenters. The van der Waals surface area contributed by atoms with E-state index in [1.807, 2.05) is 0 Å². The SMILES string of the molecule is N#CCC[PH](c1ccccc1)(c1ccccc1)c1ccccc1. The molecule has 0 bridgehead atoms. The van der Waals surface area contributed by atoms with Crippen molar-refractivity contribution in [1.82, 2.24) is 0 Å². The first-order valence-electron chi connectivity index (χ1n) is 7.91. The van der Waals surface area contributed by atoms with Gasteiger partial charge >= 0.3 is 138 Å². The first-order valence-corrected chi connectivity index (χ1v) is 10.1. The molecular formula is C21H20NP. The second-order valence-corrected chi connectivity index (χ2v) is 9.70. The molecular weight excluding hydrogens is 297 g/mol. The van der Waals surface area contributed by atoms with Gasteiger partial charge in [0.2, 0.25) is 0 Å². The van der Waals surface area contributed by atoms with Crippen molar-refractivity contribution in [2.75, 3.05) is 6.16 Å². The maximum absolute atomic E-state index is 9.24. The topological polar surface area (TPSA) is 23.8 Å². The molecule has 3 aromatic carbocycles. The van der Waals surface area contributed by atoms with Crippen LogP contribution in [0.25, 0.3) is 0 Å². The monoisotopic (exact) mass is 317 g/mol. The Morgan fingerprint density at radius 1 is 0.609 bits per heavy atom. The van der Waals surface area contributed by atoms with Crippen molar-refractivity contribution >= 4 is 23.2 Å². The predicted molar refractivity (Wildman–Crippen MR) is 102 cm³/mol. The van der Waals surface area contributed by atoms with E-state index < -0.39 is 7.26 Å². The van der Waals surface area contributed by atoms with Crippen LogP contribution in [0, 0.1) is 11.3 Å². The van der Waals surface area contributed by atoms with Gasteiger partial charge in [0, 0.05) is 0 Å². The molecule has 0 aliphatic heterocycles. The minimum absolute atomic E-state index is 0.574. The molecule has 114 valence electrons. The van der Waals surface area contributed by atoms with E-state index in [9.17, 15) is 5.26 Å². The number of rotatable bonds is 5. The molecule has 3 rings (SSSR count). The van der Waals surface area contributed by atoms with Crippen LogP contribution >= 0.6 is 7.26 Å². The van der Waals surface area contributed by atoms with Crippen molar-refractivity contribution < 1.29 is 0 Å². The fourth-order valence-electron chi connectivity index (χ4n) is 3.34. The molecule has 23 heavy (non-hydrogen) atoms. The van der Waals surface area contributed by atoms with Gasteiger partial charge in [0.25, 0.3) is 0 Å². The van der Waals surface area contributed by atoms with Crippen LogP contribution in [0.3, 0.4) is 0 Å². The van der Waals surface area contributed by atoms with Gasteiger partial charge in [-0.1, -0.05) is 0 Å². The zero-order valence-corrected chi connectivity index (χ0v) is 14.0. The van der Waals surface area contributed by atoms with E-state index in [2.05, 4.69) is 97.1 Å². The molecule has 0 saturated carbocycles. The molecule has 0 spiro atoms. The van der Waals surface area contributed by atoms with E-state index in [4.69, 9.17) is 0 Å². The summed E-state index contributed by atoms with van der Waals surface area (Å²) >= 11 is 0. The van der Waals surface area contributed by atoms with Crippen molar-refractivity contribution in [3.05, 3.63) is 91.0 Å². The van der Waals surface area contributed by atoms with Crippen LogP contribution in [-0.2, 0) is 0 Å². The summed E-state index contributed by atoms with van der Waals surface area (Å²) in [4.78, 5) is 0. The molecule has 0 N–H and O–H groups in total. The average Bonchev–Trinajstić information content (AvgIpc) is 2.65. The molecule has 0 fully saturated rings. The summed E-state index contributed by atoms with van der Waals surface area (Å²) in [5, 5.41) is 13.3. The fraction of sp³-hybridized carbons (Fsp3) is 0.0952. The van der Waals surface area contributed by atoms with Crippen molar-refractivity contribution in [3.63, 3.8) is 0 Å².